The monoisotopic (exact) mass is 450 g/mol. The van der Waals surface area contributed by atoms with Crippen molar-refractivity contribution < 1.29 is 8.42 Å². The predicted molar refractivity (Wildman–Crippen MR) is 126 cm³/mol. The van der Waals surface area contributed by atoms with Crippen LogP contribution in [0.25, 0.3) is 16.8 Å². The number of halogens is 1. The van der Waals surface area contributed by atoms with Crippen molar-refractivity contribution >= 4 is 50.0 Å². The van der Waals surface area contributed by atoms with Crippen molar-refractivity contribution in [3.05, 3.63) is 95.9 Å². The first-order chi connectivity index (χ1) is 15.0. The minimum atomic E-state index is -3.85. The van der Waals surface area contributed by atoms with Crippen molar-refractivity contribution in [1.82, 2.24) is 9.97 Å². The molecule has 0 amide bonds. The third-order valence-corrected chi connectivity index (χ3v) is 6.21. The van der Waals surface area contributed by atoms with E-state index in [9.17, 15) is 8.42 Å². The standard InChI is InChI=1S/C23H19ClN4O2S/c24-19-10-8-17(9-11-19)4-2-13-26-21-6-3-14-27-23(21)28-31(29,30)22-7-1-5-18-16-25-15-12-20(18)22/h1-12,14-16,26H,13H2,(H,27,28). The first-order valence-electron chi connectivity index (χ1n) is 9.49. The van der Waals surface area contributed by atoms with Crippen molar-refractivity contribution in [3.8, 4) is 0 Å². The van der Waals surface area contributed by atoms with Gasteiger partial charge in [-0.3, -0.25) is 9.71 Å². The molecule has 2 aromatic carbocycles. The van der Waals surface area contributed by atoms with Crippen LogP contribution in [0, 0.1) is 0 Å². The third-order valence-electron chi connectivity index (χ3n) is 4.56. The van der Waals surface area contributed by atoms with Crippen LogP contribution in [0.3, 0.4) is 0 Å². The first-order valence-corrected chi connectivity index (χ1v) is 11.4. The number of sulfonamides is 1. The number of pyridine rings is 2. The molecule has 0 bridgehead atoms. The Morgan fingerprint density at radius 2 is 1.81 bits per heavy atom. The number of aromatic nitrogens is 2. The summed E-state index contributed by atoms with van der Waals surface area (Å²) < 4.78 is 28.8. The molecule has 0 saturated heterocycles. The van der Waals surface area contributed by atoms with E-state index in [1.54, 1.807) is 48.9 Å². The van der Waals surface area contributed by atoms with Gasteiger partial charge in [0, 0.05) is 40.9 Å². The highest BCUT2D eigenvalue weighted by atomic mass is 35.5. The average molecular weight is 451 g/mol. The molecule has 0 saturated carbocycles. The van der Waals surface area contributed by atoms with Crippen LogP contribution in [0.2, 0.25) is 5.02 Å². The first kappa shape index (κ1) is 20.8. The molecule has 0 spiro atoms. The van der Waals surface area contributed by atoms with E-state index in [1.807, 2.05) is 42.5 Å². The molecule has 0 atom stereocenters. The van der Waals surface area contributed by atoms with E-state index in [-0.39, 0.29) is 10.7 Å². The van der Waals surface area contributed by atoms with Gasteiger partial charge in [-0.15, -0.1) is 0 Å². The van der Waals surface area contributed by atoms with Crippen LogP contribution in [0.5, 0.6) is 0 Å². The van der Waals surface area contributed by atoms with Gasteiger partial charge in [0.2, 0.25) is 0 Å². The molecule has 2 heterocycles. The van der Waals surface area contributed by atoms with Gasteiger partial charge in [0.25, 0.3) is 10.0 Å². The zero-order valence-corrected chi connectivity index (χ0v) is 17.9. The lowest BCUT2D eigenvalue weighted by Gasteiger charge is -2.13. The molecular formula is C23H19ClN4O2S. The number of benzene rings is 2. The third kappa shape index (κ3) is 5.02. The van der Waals surface area contributed by atoms with Crippen LogP contribution in [0.1, 0.15) is 5.56 Å². The molecule has 31 heavy (non-hydrogen) atoms. The molecular weight excluding hydrogens is 432 g/mol. The molecule has 4 rings (SSSR count). The largest absolute Gasteiger partial charge is 0.379 e. The summed E-state index contributed by atoms with van der Waals surface area (Å²) in [5.74, 6) is 0.230. The zero-order chi connectivity index (χ0) is 21.7. The Hall–Kier alpha value is -3.42. The van der Waals surface area contributed by atoms with Crippen molar-refractivity contribution in [2.75, 3.05) is 16.6 Å². The summed E-state index contributed by atoms with van der Waals surface area (Å²) in [5.41, 5.74) is 1.59. The maximum Gasteiger partial charge on any atom is 0.263 e. The SMILES string of the molecule is O=S(=O)(Nc1ncccc1NCC=Cc1ccc(Cl)cc1)c1cccc2cnccc12. The van der Waals surface area contributed by atoms with Gasteiger partial charge in [0.15, 0.2) is 5.82 Å². The Kier molecular flexibility index (Phi) is 6.16. The van der Waals surface area contributed by atoms with Gasteiger partial charge >= 0.3 is 0 Å². The Balaban J connectivity index is 1.52. The van der Waals surface area contributed by atoms with Crippen LogP contribution >= 0.6 is 11.6 Å². The van der Waals surface area contributed by atoms with Crippen LogP contribution in [0.4, 0.5) is 11.5 Å². The maximum absolute atomic E-state index is 13.1. The number of hydrogen-bond acceptors (Lipinski definition) is 5. The Labute approximate surface area is 185 Å². The van der Waals surface area contributed by atoms with Crippen molar-refractivity contribution in [2.45, 2.75) is 4.90 Å². The fraction of sp³-hybridized carbons (Fsp3) is 0.0435. The van der Waals surface area contributed by atoms with E-state index < -0.39 is 10.0 Å². The van der Waals surface area contributed by atoms with Crippen LogP contribution < -0.4 is 10.0 Å². The van der Waals surface area contributed by atoms with Gasteiger partial charge < -0.3 is 5.32 Å². The van der Waals surface area contributed by atoms with E-state index in [0.717, 1.165) is 10.9 Å². The lowest BCUT2D eigenvalue weighted by Crippen LogP contribution is -2.16. The highest BCUT2D eigenvalue weighted by Crippen LogP contribution is 2.26. The molecule has 6 nitrogen and oxygen atoms in total. The second-order valence-corrected chi connectivity index (χ2v) is 8.78. The number of rotatable bonds is 7. The molecule has 0 radical (unpaired) electrons. The fourth-order valence-corrected chi connectivity index (χ4v) is 4.46. The van der Waals surface area contributed by atoms with Gasteiger partial charge in [-0.25, -0.2) is 13.4 Å². The smallest absolute Gasteiger partial charge is 0.263 e. The minimum absolute atomic E-state index is 0.173. The summed E-state index contributed by atoms with van der Waals surface area (Å²) in [4.78, 5) is 8.44. The molecule has 2 N–H and O–H groups in total. The lowest BCUT2D eigenvalue weighted by atomic mass is 10.2. The summed E-state index contributed by atoms with van der Waals surface area (Å²) in [6.07, 6.45) is 8.64. The highest BCUT2D eigenvalue weighted by Gasteiger charge is 2.19. The number of nitrogens with one attached hydrogen (secondary N) is 2. The molecule has 0 aliphatic rings. The molecule has 0 fully saturated rings. The molecule has 156 valence electrons. The van der Waals surface area contributed by atoms with E-state index in [2.05, 4.69) is 20.0 Å². The van der Waals surface area contributed by atoms with Gasteiger partial charge in [-0.1, -0.05) is 48.0 Å². The molecule has 0 aliphatic heterocycles. The Morgan fingerprint density at radius 1 is 0.968 bits per heavy atom. The fourth-order valence-electron chi connectivity index (χ4n) is 3.08. The van der Waals surface area contributed by atoms with Crippen LogP contribution in [-0.2, 0) is 10.0 Å². The van der Waals surface area contributed by atoms with Crippen LogP contribution in [0.15, 0.2) is 90.2 Å². The van der Waals surface area contributed by atoms with Gasteiger partial charge in [-0.05, 0) is 42.0 Å². The molecule has 8 heteroatoms. The van der Waals surface area contributed by atoms with Crippen molar-refractivity contribution in [3.63, 3.8) is 0 Å². The van der Waals surface area contributed by atoms with E-state index in [4.69, 9.17) is 11.6 Å². The molecule has 0 aliphatic carbocycles. The predicted octanol–water partition coefficient (Wildman–Crippen LogP) is 5.21. The minimum Gasteiger partial charge on any atom is -0.379 e. The summed E-state index contributed by atoms with van der Waals surface area (Å²) in [7, 11) is -3.85. The Morgan fingerprint density at radius 3 is 2.65 bits per heavy atom. The van der Waals surface area contributed by atoms with Crippen LogP contribution in [-0.4, -0.2) is 24.9 Å². The molecule has 2 aromatic heterocycles. The van der Waals surface area contributed by atoms with E-state index in [0.29, 0.717) is 22.6 Å². The highest BCUT2D eigenvalue weighted by molar-refractivity contribution is 7.93. The summed E-state index contributed by atoms with van der Waals surface area (Å²) in [6, 6.07) is 17.8. The van der Waals surface area contributed by atoms with Gasteiger partial charge in [-0.2, -0.15) is 0 Å². The zero-order valence-electron chi connectivity index (χ0n) is 16.4. The number of fused-ring (bicyclic) bond motifs is 1. The average Bonchev–Trinajstić information content (AvgIpc) is 2.78. The number of hydrogen-bond donors (Lipinski definition) is 2. The second-order valence-electron chi connectivity index (χ2n) is 6.69. The normalized spacial score (nSPS) is 11.6. The van der Waals surface area contributed by atoms with Crippen molar-refractivity contribution in [1.29, 1.82) is 0 Å². The van der Waals surface area contributed by atoms with Gasteiger partial charge in [0.1, 0.15) is 0 Å². The van der Waals surface area contributed by atoms with Crippen molar-refractivity contribution in [2.24, 2.45) is 0 Å². The number of anilines is 2. The summed E-state index contributed by atoms with van der Waals surface area (Å²) >= 11 is 5.90. The van der Waals surface area contributed by atoms with E-state index >= 15 is 0 Å². The lowest BCUT2D eigenvalue weighted by molar-refractivity contribution is 0.602. The molecule has 0 unspecified atom stereocenters. The maximum atomic E-state index is 13.1. The Bertz CT molecular complexity index is 1330. The molecule has 4 aromatic rings. The topological polar surface area (TPSA) is 84.0 Å². The summed E-state index contributed by atoms with van der Waals surface area (Å²) in [6.45, 7) is 0.489. The van der Waals surface area contributed by atoms with E-state index in [1.165, 1.54) is 0 Å². The number of nitrogens with zero attached hydrogens (tertiary/aromatic N) is 2. The second kappa shape index (κ2) is 9.16. The van der Waals surface area contributed by atoms with Gasteiger partial charge in [0.05, 0.1) is 10.6 Å². The quantitative estimate of drug-likeness (QED) is 0.403. The summed E-state index contributed by atoms with van der Waals surface area (Å²) in [5, 5.41) is 5.22.